The maximum absolute atomic E-state index is 12.6. The molecule has 2 aromatic rings. The van der Waals surface area contributed by atoms with Gasteiger partial charge in [-0.2, -0.15) is 0 Å². The number of hydrogen-bond donors (Lipinski definition) is 0. The van der Waals surface area contributed by atoms with Gasteiger partial charge < -0.3 is 0 Å². The quantitative estimate of drug-likeness (QED) is 0.597. The van der Waals surface area contributed by atoms with Gasteiger partial charge in [-0.1, -0.05) is 43.7 Å². The van der Waals surface area contributed by atoms with Gasteiger partial charge in [-0.15, -0.1) is 0 Å². The monoisotopic (exact) mass is 316 g/mol. The van der Waals surface area contributed by atoms with Gasteiger partial charge >= 0.3 is 0 Å². The predicted molar refractivity (Wildman–Crippen MR) is 98.7 cm³/mol. The maximum atomic E-state index is 12.6. The maximum Gasteiger partial charge on any atom is 0.163 e. The third-order valence-electron chi connectivity index (χ3n) is 6.83. The molecule has 1 heteroatoms. The number of allylic oxidation sites excluding steroid dienone is 2. The van der Waals surface area contributed by atoms with Crippen molar-refractivity contribution in [2.45, 2.75) is 57.3 Å². The van der Waals surface area contributed by atoms with Crippen LogP contribution in [-0.2, 0) is 5.41 Å². The molecule has 1 saturated carbocycles. The molecule has 24 heavy (non-hydrogen) atoms. The van der Waals surface area contributed by atoms with Crippen LogP contribution in [0.2, 0.25) is 0 Å². The second-order valence-corrected chi connectivity index (χ2v) is 8.41. The van der Waals surface area contributed by atoms with Crippen LogP contribution in [0.4, 0.5) is 0 Å². The summed E-state index contributed by atoms with van der Waals surface area (Å²) in [4.78, 5) is 12.6. The number of carbonyl (C=O) groups excluding carboxylic acids is 1. The second-order valence-electron chi connectivity index (χ2n) is 8.41. The topological polar surface area (TPSA) is 17.1 Å². The third kappa shape index (κ3) is 1.84. The molecule has 2 unspecified atom stereocenters. The van der Waals surface area contributed by atoms with Crippen molar-refractivity contribution in [2.24, 2.45) is 5.92 Å². The normalized spacial score (nSPS) is 28.0. The van der Waals surface area contributed by atoms with Gasteiger partial charge in [0.15, 0.2) is 5.78 Å². The zero-order valence-electron chi connectivity index (χ0n) is 14.6. The van der Waals surface area contributed by atoms with Crippen LogP contribution in [0.25, 0.3) is 10.8 Å². The van der Waals surface area contributed by atoms with Gasteiger partial charge in [0.2, 0.25) is 0 Å². The highest BCUT2D eigenvalue weighted by Gasteiger charge is 2.51. The first kappa shape index (κ1) is 14.5. The molecule has 2 aromatic carbocycles. The van der Waals surface area contributed by atoms with Crippen LogP contribution in [0.5, 0.6) is 0 Å². The Morgan fingerprint density at radius 1 is 1.12 bits per heavy atom. The number of carbonyl (C=O) groups is 1. The van der Waals surface area contributed by atoms with Gasteiger partial charge in [-0.25, -0.2) is 0 Å². The fourth-order valence-electron chi connectivity index (χ4n) is 5.44. The summed E-state index contributed by atoms with van der Waals surface area (Å²) in [5.41, 5.74) is 5.64. The Balaban J connectivity index is 1.75. The summed E-state index contributed by atoms with van der Waals surface area (Å²) in [6.07, 6.45) is 7.89. The van der Waals surface area contributed by atoms with Crippen molar-refractivity contribution in [3.8, 4) is 0 Å². The van der Waals surface area contributed by atoms with Crippen LogP contribution in [0.15, 0.2) is 42.0 Å². The fourth-order valence-corrected chi connectivity index (χ4v) is 5.44. The minimum absolute atomic E-state index is 0.245. The molecule has 1 nitrogen and oxygen atoms in total. The molecule has 5 rings (SSSR count). The number of fused-ring (bicyclic) bond motifs is 6. The van der Waals surface area contributed by atoms with E-state index in [-0.39, 0.29) is 5.41 Å². The number of ketones is 1. The Bertz CT molecular complexity index is 902. The molecule has 0 aromatic heterocycles. The first-order valence-electron chi connectivity index (χ1n) is 9.36. The molecule has 0 amide bonds. The summed E-state index contributed by atoms with van der Waals surface area (Å²) in [5.74, 6) is 1.61. The molecule has 0 aliphatic heterocycles. The van der Waals surface area contributed by atoms with Gasteiger partial charge in [0, 0.05) is 17.4 Å². The number of rotatable bonds is 1. The van der Waals surface area contributed by atoms with Crippen molar-refractivity contribution >= 4 is 16.6 Å². The van der Waals surface area contributed by atoms with Crippen molar-refractivity contribution in [3.63, 3.8) is 0 Å². The van der Waals surface area contributed by atoms with Gasteiger partial charge in [0.1, 0.15) is 0 Å². The van der Waals surface area contributed by atoms with Crippen molar-refractivity contribution in [1.82, 2.24) is 0 Å². The lowest BCUT2D eigenvalue weighted by Crippen LogP contribution is -2.37. The van der Waals surface area contributed by atoms with Crippen molar-refractivity contribution in [1.29, 1.82) is 0 Å². The first-order valence-corrected chi connectivity index (χ1v) is 9.36. The molecule has 122 valence electrons. The molecular formula is C23H24O. The van der Waals surface area contributed by atoms with Crippen LogP contribution in [0, 0.1) is 5.92 Å². The van der Waals surface area contributed by atoms with E-state index in [9.17, 15) is 4.79 Å². The number of Topliss-reactive ketones (excluding diaryl/α,β-unsaturated/α-hetero) is 1. The van der Waals surface area contributed by atoms with Crippen LogP contribution >= 0.6 is 0 Å². The molecule has 1 fully saturated rings. The highest BCUT2D eigenvalue weighted by Crippen LogP contribution is 2.59. The van der Waals surface area contributed by atoms with Crippen LogP contribution < -0.4 is 0 Å². The lowest BCUT2D eigenvalue weighted by Gasteiger charge is -2.41. The molecule has 3 aliphatic carbocycles. The largest absolute Gasteiger partial charge is 0.294 e. The summed E-state index contributed by atoms with van der Waals surface area (Å²) in [5, 5.41) is 2.52. The predicted octanol–water partition coefficient (Wildman–Crippen LogP) is 5.92. The van der Waals surface area contributed by atoms with E-state index in [1.165, 1.54) is 41.2 Å². The van der Waals surface area contributed by atoms with E-state index in [4.69, 9.17) is 0 Å². The standard InChI is InChI=1S/C23H24O/c1-14(2)16-4-5-17-11-20-21(12-18(17)10-16)23(8-7-22(20)24)13-15-3-6-19(23)9-15/h3-5,10-12,14,19H,6-9,13H2,1-2H3. The average Bonchev–Trinajstić information content (AvgIpc) is 3.18. The van der Waals surface area contributed by atoms with Crippen LogP contribution in [-0.4, -0.2) is 5.78 Å². The van der Waals surface area contributed by atoms with Gasteiger partial charge in [-0.05, 0) is 71.6 Å². The van der Waals surface area contributed by atoms with E-state index in [2.05, 4.69) is 50.3 Å². The van der Waals surface area contributed by atoms with Gasteiger partial charge in [-0.3, -0.25) is 4.79 Å². The summed E-state index contributed by atoms with van der Waals surface area (Å²) in [6, 6.07) is 11.3. The van der Waals surface area contributed by atoms with E-state index in [1.807, 2.05) is 0 Å². The summed E-state index contributed by atoms with van der Waals surface area (Å²) in [6.45, 7) is 4.49. The Kier molecular flexibility index (Phi) is 2.90. The van der Waals surface area contributed by atoms with E-state index in [0.717, 1.165) is 24.3 Å². The van der Waals surface area contributed by atoms with Crippen molar-refractivity contribution in [3.05, 3.63) is 58.7 Å². The summed E-state index contributed by atoms with van der Waals surface area (Å²) < 4.78 is 0. The zero-order valence-corrected chi connectivity index (χ0v) is 14.6. The van der Waals surface area contributed by atoms with Gasteiger partial charge in [0.25, 0.3) is 0 Å². The second kappa shape index (κ2) is 4.81. The average molecular weight is 316 g/mol. The first-order chi connectivity index (χ1) is 11.6. The SMILES string of the molecule is CC(C)c1ccc2cc3c(cc2c1)C1(CCC3=O)CC2=CCC1C2. The summed E-state index contributed by atoms with van der Waals surface area (Å²) in [7, 11) is 0. The number of hydrogen-bond acceptors (Lipinski definition) is 1. The van der Waals surface area contributed by atoms with E-state index < -0.39 is 0 Å². The molecule has 2 atom stereocenters. The van der Waals surface area contributed by atoms with E-state index in [0.29, 0.717) is 11.7 Å². The fraction of sp³-hybridized carbons (Fsp3) is 0.435. The minimum Gasteiger partial charge on any atom is -0.294 e. The molecule has 0 heterocycles. The molecule has 1 spiro atoms. The molecule has 3 aliphatic rings. The van der Waals surface area contributed by atoms with Gasteiger partial charge in [0.05, 0.1) is 0 Å². The Hall–Kier alpha value is -1.89. The highest BCUT2D eigenvalue weighted by molar-refractivity contribution is 6.03. The van der Waals surface area contributed by atoms with Crippen molar-refractivity contribution < 1.29 is 4.79 Å². The molecule has 0 N–H and O–H groups in total. The van der Waals surface area contributed by atoms with Crippen molar-refractivity contribution in [2.75, 3.05) is 0 Å². The zero-order chi connectivity index (χ0) is 16.5. The lowest BCUT2D eigenvalue weighted by molar-refractivity contribution is 0.0940. The highest BCUT2D eigenvalue weighted by atomic mass is 16.1. The van der Waals surface area contributed by atoms with E-state index in [1.54, 1.807) is 5.57 Å². The minimum atomic E-state index is 0.245. The van der Waals surface area contributed by atoms with Crippen LogP contribution in [0.3, 0.4) is 0 Å². The molecule has 2 bridgehead atoms. The smallest absolute Gasteiger partial charge is 0.163 e. The van der Waals surface area contributed by atoms with E-state index >= 15 is 0 Å². The van der Waals surface area contributed by atoms with Crippen LogP contribution in [0.1, 0.15) is 73.4 Å². The molecular weight excluding hydrogens is 292 g/mol. The Morgan fingerprint density at radius 2 is 2.00 bits per heavy atom. The molecule has 0 radical (unpaired) electrons. The molecule has 0 saturated heterocycles. The summed E-state index contributed by atoms with van der Waals surface area (Å²) >= 11 is 0. The Labute approximate surface area is 143 Å². The third-order valence-corrected chi connectivity index (χ3v) is 6.83. The number of benzene rings is 2. The lowest BCUT2D eigenvalue weighted by atomic mass is 9.62. The Morgan fingerprint density at radius 3 is 2.71 bits per heavy atom.